The van der Waals surface area contributed by atoms with E-state index in [-0.39, 0.29) is 0 Å². The molecule has 4 N–H and O–H groups in total. The van der Waals surface area contributed by atoms with E-state index < -0.39 is 7.92 Å². The van der Waals surface area contributed by atoms with Gasteiger partial charge in [0.2, 0.25) is 0 Å². The Balaban J connectivity index is 2.46. The van der Waals surface area contributed by atoms with E-state index in [1.54, 1.807) is 0 Å². The van der Waals surface area contributed by atoms with Crippen LogP contribution >= 0.6 is 7.92 Å². The zero-order valence-corrected chi connectivity index (χ0v) is 11.7. The minimum absolute atomic E-state index is 0.402. The van der Waals surface area contributed by atoms with Crippen molar-refractivity contribution in [2.45, 2.75) is 19.5 Å². The Hall–Kier alpha value is -1.53. The van der Waals surface area contributed by atoms with Crippen molar-refractivity contribution in [1.29, 1.82) is 0 Å². The number of rotatable bonds is 3. The minimum atomic E-state index is -0.402. The van der Waals surface area contributed by atoms with Crippen molar-refractivity contribution in [3.63, 3.8) is 0 Å². The smallest absolute Gasteiger partial charge is 0.0320 e. The van der Waals surface area contributed by atoms with E-state index in [0.717, 1.165) is 11.4 Å². The average molecular weight is 258 g/mol. The van der Waals surface area contributed by atoms with Crippen molar-refractivity contribution in [3.8, 4) is 0 Å². The number of nitrogens with two attached hydrogens (primary N) is 2. The second kappa shape index (κ2) is 5.41. The number of hydrogen-bond donors (Lipinski definition) is 2. The van der Waals surface area contributed by atoms with Gasteiger partial charge in [-0.15, -0.1) is 0 Å². The van der Waals surface area contributed by atoms with Crippen LogP contribution in [0.15, 0.2) is 48.5 Å². The molecule has 0 atom stereocenters. The normalized spacial score (nSPS) is 11.1. The van der Waals surface area contributed by atoms with Gasteiger partial charge in [-0.25, -0.2) is 0 Å². The largest absolute Gasteiger partial charge is 0.399 e. The first-order valence-corrected chi connectivity index (χ1v) is 7.49. The molecule has 0 aliphatic rings. The number of nitrogen functional groups attached to an aromatic ring is 2. The molecule has 2 aromatic rings. The van der Waals surface area contributed by atoms with Gasteiger partial charge in [0.05, 0.1) is 0 Å². The van der Waals surface area contributed by atoms with E-state index in [9.17, 15) is 0 Å². The molecular weight excluding hydrogens is 239 g/mol. The van der Waals surface area contributed by atoms with Crippen molar-refractivity contribution in [2.75, 3.05) is 11.5 Å². The molecule has 2 aromatic carbocycles. The van der Waals surface area contributed by atoms with Crippen LogP contribution in [0.25, 0.3) is 0 Å². The Morgan fingerprint density at radius 2 is 1.28 bits per heavy atom. The molecule has 0 fully saturated rings. The molecular formula is C15H19N2P. The first-order chi connectivity index (χ1) is 8.58. The van der Waals surface area contributed by atoms with Gasteiger partial charge in [-0.05, 0) is 48.5 Å². The highest BCUT2D eigenvalue weighted by Gasteiger charge is 2.17. The fourth-order valence-electron chi connectivity index (χ4n) is 2.09. The fourth-order valence-corrected chi connectivity index (χ4v) is 4.66. The lowest BCUT2D eigenvalue weighted by Gasteiger charge is -2.23. The topological polar surface area (TPSA) is 52.0 Å². The van der Waals surface area contributed by atoms with Crippen molar-refractivity contribution < 1.29 is 0 Å². The highest BCUT2D eigenvalue weighted by Crippen LogP contribution is 2.39. The number of hydrogen-bond acceptors (Lipinski definition) is 2. The Kier molecular flexibility index (Phi) is 3.88. The van der Waals surface area contributed by atoms with E-state index in [2.05, 4.69) is 38.1 Å². The zero-order valence-electron chi connectivity index (χ0n) is 10.8. The molecule has 2 rings (SSSR count). The summed E-state index contributed by atoms with van der Waals surface area (Å²) in [6.45, 7) is 4.50. The summed E-state index contributed by atoms with van der Waals surface area (Å²) < 4.78 is 0. The molecule has 0 amide bonds. The van der Waals surface area contributed by atoms with Gasteiger partial charge in [0.25, 0.3) is 0 Å². The number of anilines is 2. The zero-order chi connectivity index (χ0) is 13.1. The Morgan fingerprint density at radius 1 is 0.833 bits per heavy atom. The molecule has 0 heterocycles. The van der Waals surface area contributed by atoms with Crippen molar-refractivity contribution in [1.82, 2.24) is 0 Å². The van der Waals surface area contributed by atoms with E-state index >= 15 is 0 Å². The summed E-state index contributed by atoms with van der Waals surface area (Å²) in [6, 6.07) is 16.4. The Labute approximate surface area is 110 Å². The molecule has 0 bridgehead atoms. The van der Waals surface area contributed by atoms with Crippen LogP contribution in [0.4, 0.5) is 11.4 Å². The Morgan fingerprint density at radius 3 is 1.61 bits per heavy atom. The van der Waals surface area contributed by atoms with Crippen molar-refractivity contribution in [2.24, 2.45) is 0 Å². The molecule has 3 heteroatoms. The van der Waals surface area contributed by atoms with Crippen LogP contribution in [0.1, 0.15) is 13.8 Å². The molecule has 0 unspecified atom stereocenters. The molecule has 0 aromatic heterocycles. The van der Waals surface area contributed by atoms with Gasteiger partial charge in [-0.2, -0.15) is 0 Å². The molecule has 0 aliphatic carbocycles. The second-order valence-corrected chi connectivity index (χ2v) is 7.46. The molecule has 94 valence electrons. The van der Waals surface area contributed by atoms with Gasteiger partial charge in [0, 0.05) is 11.4 Å². The SMILES string of the molecule is CC(C)P(c1cccc(N)c1)c1cccc(N)c1. The summed E-state index contributed by atoms with van der Waals surface area (Å²) >= 11 is 0. The first-order valence-electron chi connectivity index (χ1n) is 6.08. The quantitative estimate of drug-likeness (QED) is 0.657. The standard InChI is InChI=1S/C15H19N2P/c1-11(2)18(14-7-3-5-12(16)9-14)15-8-4-6-13(17)10-15/h3-11H,16-17H2,1-2H3. The van der Waals surface area contributed by atoms with E-state index in [0.29, 0.717) is 5.66 Å². The molecule has 0 saturated carbocycles. The molecule has 2 nitrogen and oxygen atoms in total. The van der Waals surface area contributed by atoms with Crippen LogP contribution in [0, 0.1) is 0 Å². The van der Waals surface area contributed by atoms with Crippen LogP contribution in [0.2, 0.25) is 0 Å². The third-order valence-electron chi connectivity index (χ3n) is 2.81. The molecule has 0 radical (unpaired) electrons. The van der Waals surface area contributed by atoms with E-state index in [1.165, 1.54) is 10.6 Å². The monoisotopic (exact) mass is 258 g/mol. The van der Waals surface area contributed by atoms with Gasteiger partial charge in [-0.1, -0.05) is 38.1 Å². The summed E-state index contributed by atoms with van der Waals surface area (Å²) in [6.07, 6.45) is 0. The molecule has 18 heavy (non-hydrogen) atoms. The van der Waals surface area contributed by atoms with Crippen LogP contribution in [-0.4, -0.2) is 5.66 Å². The van der Waals surface area contributed by atoms with Gasteiger partial charge in [0.1, 0.15) is 0 Å². The van der Waals surface area contributed by atoms with Crippen LogP contribution < -0.4 is 22.1 Å². The maximum absolute atomic E-state index is 5.89. The predicted molar refractivity (Wildman–Crippen MR) is 83.0 cm³/mol. The maximum atomic E-state index is 5.89. The average Bonchev–Trinajstić information content (AvgIpc) is 2.28. The summed E-state index contributed by atoms with van der Waals surface area (Å²) in [5, 5.41) is 2.62. The van der Waals surface area contributed by atoms with Crippen molar-refractivity contribution in [3.05, 3.63) is 48.5 Å². The van der Waals surface area contributed by atoms with E-state index in [4.69, 9.17) is 11.5 Å². The lowest BCUT2D eigenvalue weighted by Crippen LogP contribution is -2.18. The van der Waals surface area contributed by atoms with Crippen LogP contribution in [0.3, 0.4) is 0 Å². The summed E-state index contributed by atoms with van der Waals surface area (Å²) in [5.74, 6) is 0. The minimum Gasteiger partial charge on any atom is -0.399 e. The van der Waals surface area contributed by atoms with Crippen LogP contribution in [-0.2, 0) is 0 Å². The van der Waals surface area contributed by atoms with Gasteiger partial charge in [-0.3, -0.25) is 0 Å². The van der Waals surface area contributed by atoms with Gasteiger partial charge in [0.15, 0.2) is 0 Å². The summed E-state index contributed by atoms with van der Waals surface area (Å²) in [7, 11) is -0.402. The summed E-state index contributed by atoms with van der Waals surface area (Å²) in [4.78, 5) is 0. The number of benzene rings is 2. The first kappa shape index (κ1) is 12.9. The molecule has 0 aliphatic heterocycles. The fraction of sp³-hybridized carbons (Fsp3) is 0.200. The highest BCUT2D eigenvalue weighted by molar-refractivity contribution is 7.73. The van der Waals surface area contributed by atoms with Gasteiger partial charge >= 0.3 is 0 Å². The highest BCUT2D eigenvalue weighted by atomic mass is 31.1. The lowest BCUT2D eigenvalue weighted by molar-refractivity contribution is 1.10. The Bertz CT molecular complexity index is 492. The molecule has 0 saturated heterocycles. The maximum Gasteiger partial charge on any atom is 0.0320 e. The third kappa shape index (κ3) is 2.83. The predicted octanol–water partition coefficient (Wildman–Crippen LogP) is 2.69. The summed E-state index contributed by atoms with van der Waals surface area (Å²) in [5.41, 5.74) is 14.0. The van der Waals surface area contributed by atoms with E-state index in [1.807, 2.05) is 24.3 Å². The lowest BCUT2D eigenvalue weighted by atomic mass is 10.3. The third-order valence-corrected chi connectivity index (χ3v) is 5.51. The van der Waals surface area contributed by atoms with Crippen LogP contribution in [0.5, 0.6) is 0 Å². The van der Waals surface area contributed by atoms with Crippen molar-refractivity contribution >= 4 is 29.9 Å². The van der Waals surface area contributed by atoms with Gasteiger partial charge < -0.3 is 11.5 Å². The second-order valence-electron chi connectivity index (χ2n) is 4.65. The molecule has 0 spiro atoms.